The maximum Gasteiger partial charge on any atom is 0.0576 e. The number of nitrogens with one attached hydrogen (secondary N) is 1. The van der Waals surface area contributed by atoms with Crippen LogP contribution in [0.5, 0.6) is 0 Å². The van der Waals surface area contributed by atoms with Crippen molar-refractivity contribution in [3.8, 4) is 0 Å². The summed E-state index contributed by atoms with van der Waals surface area (Å²) < 4.78 is 8.06. The SMILES string of the molecule is CNC(CCC1CCCO1)c1cc(Br)c(C)cc1Br. The topological polar surface area (TPSA) is 21.3 Å². The molecule has 2 rings (SSSR count). The molecule has 1 fully saturated rings. The lowest BCUT2D eigenvalue weighted by atomic mass is 9.98. The summed E-state index contributed by atoms with van der Waals surface area (Å²) >= 11 is 7.31. The fraction of sp³-hybridized carbons (Fsp3) is 0.600. The minimum Gasteiger partial charge on any atom is -0.378 e. The van der Waals surface area contributed by atoms with Crippen molar-refractivity contribution < 1.29 is 4.74 Å². The van der Waals surface area contributed by atoms with Crippen LogP contribution in [-0.4, -0.2) is 19.8 Å². The molecule has 0 amide bonds. The summed E-state index contributed by atoms with van der Waals surface area (Å²) in [5.41, 5.74) is 2.57. The maximum atomic E-state index is 5.71. The quantitative estimate of drug-likeness (QED) is 0.783. The van der Waals surface area contributed by atoms with Crippen LogP contribution in [0.3, 0.4) is 0 Å². The lowest BCUT2D eigenvalue weighted by molar-refractivity contribution is 0.0998. The second kappa shape index (κ2) is 7.21. The Labute approximate surface area is 132 Å². The minimum absolute atomic E-state index is 0.371. The van der Waals surface area contributed by atoms with Crippen LogP contribution in [0, 0.1) is 6.92 Å². The van der Waals surface area contributed by atoms with Crippen molar-refractivity contribution >= 4 is 31.9 Å². The molecule has 2 atom stereocenters. The first-order chi connectivity index (χ1) is 9.11. The number of rotatable bonds is 5. The van der Waals surface area contributed by atoms with Gasteiger partial charge in [0.25, 0.3) is 0 Å². The van der Waals surface area contributed by atoms with Gasteiger partial charge in [-0.05, 0) is 62.9 Å². The molecule has 1 aromatic rings. The summed E-state index contributed by atoms with van der Waals surface area (Å²) in [6.07, 6.45) is 5.13. The van der Waals surface area contributed by atoms with Gasteiger partial charge in [0.15, 0.2) is 0 Å². The number of hydrogen-bond donors (Lipinski definition) is 1. The van der Waals surface area contributed by atoms with E-state index in [0.717, 1.165) is 19.4 Å². The van der Waals surface area contributed by atoms with E-state index in [1.807, 2.05) is 7.05 Å². The van der Waals surface area contributed by atoms with Crippen LogP contribution in [0.4, 0.5) is 0 Å². The molecule has 1 aromatic carbocycles. The Morgan fingerprint density at radius 2 is 2.16 bits per heavy atom. The molecule has 1 aliphatic heterocycles. The van der Waals surface area contributed by atoms with Crippen LogP contribution in [0.15, 0.2) is 21.1 Å². The van der Waals surface area contributed by atoms with E-state index in [9.17, 15) is 0 Å². The molecular formula is C15H21Br2NO. The molecule has 1 aliphatic rings. The van der Waals surface area contributed by atoms with Crippen molar-refractivity contribution in [2.45, 2.75) is 44.8 Å². The Balaban J connectivity index is 2.05. The molecular weight excluding hydrogens is 370 g/mol. The standard InChI is InChI=1S/C15H21Br2NO/c1-10-8-14(17)12(9-13(10)16)15(18-2)6-5-11-4-3-7-19-11/h8-9,11,15,18H,3-7H2,1-2H3. The fourth-order valence-corrected chi connectivity index (χ4v) is 3.70. The molecule has 0 radical (unpaired) electrons. The predicted octanol–water partition coefficient (Wildman–Crippen LogP) is 4.74. The van der Waals surface area contributed by atoms with Gasteiger partial charge in [-0.3, -0.25) is 0 Å². The highest BCUT2D eigenvalue weighted by atomic mass is 79.9. The highest BCUT2D eigenvalue weighted by Gasteiger charge is 2.19. The van der Waals surface area contributed by atoms with Gasteiger partial charge in [0.2, 0.25) is 0 Å². The molecule has 19 heavy (non-hydrogen) atoms. The van der Waals surface area contributed by atoms with Gasteiger partial charge >= 0.3 is 0 Å². The van der Waals surface area contributed by atoms with Gasteiger partial charge in [-0.1, -0.05) is 31.9 Å². The molecule has 4 heteroatoms. The number of benzene rings is 1. The molecule has 106 valence electrons. The first-order valence-electron chi connectivity index (χ1n) is 6.86. The molecule has 0 aliphatic carbocycles. The van der Waals surface area contributed by atoms with Crippen LogP contribution >= 0.6 is 31.9 Å². The highest BCUT2D eigenvalue weighted by molar-refractivity contribution is 9.11. The number of hydrogen-bond acceptors (Lipinski definition) is 2. The van der Waals surface area contributed by atoms with Gasteiger partial charge in [-0.25, -0.2) is 0 Å². The number of aryl methyl sites for hydroxylation is 1. The third kappa shape index (κ3) is 4.03. The van der Waals surface area contributed by atoms with Crippen molar-refractivity contribution in [3.05, 3.63) is 32.2 Å². The normalized spacial score (nSPS) is 20.7. The zero-order chi connectivity index (χ0) is 13.8. The van der Waals surface area contributed by atoms with Crippen LogP contribution < -0.4 is 5.32 Å². The lowest BCUT2D eigenvalue weighted by Gasteiger charge is -2.21. The third-order valence-electron chi connectivity index (χ3n) is 3.80. The Kier molecular flexibility index (Phi) is 5.87. The smallest absolute Gasteiger partial charge is 0.0576 e. The fourth-order valence-electron chi connectivity index (χ4n) is 2.61. The predicted molar refractivity (Wildman–Crippen MR) is 86.6 cm³/mol. The summed E-state index contributed by atoms with van der Waals surface area (Å²) in [4.78, 5) is 0. The van der Waals surface area contributed by atoms with Gasteiger partial charge in [-0.15, -0.1) is 0 Å². The summed E-state index contributed by atoms with van der Waals surface area (Å²) in [5.74, 6) is 0. The number of halogens is 2. The summed E-state index contributed by atoms with van der Waals surface area (Å²) in [6.45, 7) is 3.05. The Morgan fingerprint density at radius 3 is 2.79 bits per heavy atom. The van der Waals surface area contributed by atoms with Crippen molar-refractivity contribution in [1.82, 2.24) is 5.32 Å². The average molecular weight is 391 g/mol. The van der Waals surface area contributed by atoms with Crippen molar-refractivity contribution in [2.24, 2.45) is 0 Å². The first-order valence-corrected chi connectivity index (χ1v) is 8.45. The Hall–Kier alpha value is 0.1000. The largest absolute Gasteiger partial charge is 0.378 e. The van der Waals surface area contributed by atoms with Crippen molar-refractivity contribution in [1.29, 1.82) is 0 Å². The van der Waals surface area contributed by atoms with Crippen molar-refractivity contribution in [2.75, 3.05) is 13.7 Å². The Morgan fingerprint density at radius 1 is 1.37 bits per heavy atom. The first kappa shape index (κ1) is 15.5. The second-order valence-electron chi connectivity index (χ2n) is 5.18. The highest BCUT2D eigenvalue weighted by Crippen LogP contribution is 2.32. The summed E-state index contributed by atoms with van der Waals surface area (Å²) in [5, 5.41) is 3.42. The van der Waals surface area contributed by atoms with E-state index < -0.39 is 0 Å². The third-order valence-corrected chi connectivity index (χ3v) is 5.34. The zero-order valence-corrected chi connectivity index (χ0v) is 14.7. The van der Waals surface area contributed by atoms with E-state index in [1.165, 1.54) is 32.9 Å². The second-order valence-corrected chi connectivity index (χ2v) is 6.89. The lowest BCUT2D eigenvalue weighted by Crippen LogP contribution is -2.19. The van der Waals surface area contributed by atoms with Crippen LogP contribution in [0.25, 0.3) is 0 Å². The van der Waals surface area contributed by atoms with E-state index in [1.54, 1.807) is 0 Å². The van der Waals surface area contributed by atoms with E-state index >= 15 is 0 Å². The molecule has 0 spiro atoms. The van der Waals surface area contributed by atoms with Gasteiger partial charge in [0.1, 0.15) is 0 Å². The van der Waals surface area contributed by atoms with Crippen LogP contribution in [0.1, 0.15) is 42.9 Å². The molecule has 0 bridgehead atoms. The minimum atomic E-state index is 0.371. The molecule has 0 aromatic heterocycles. The van der Waals surface area contributed by atoms with E-state index in [-0.39, 0.29) is 0 Å². The zero-order valence-electron chi connectivity index (χ0n) is 11.5. The van der Waals surface area contributed by atoms with E-state index in [4.69, 9.17) is 4.74 Å². The molecule has 1 N–H and O–H groups in total. The van der Waals surface area contributed by atoms with Crippen LogP contribution in [-0.2, 0) is 4.74 Å². The average Bonchev–Trinajstić information content (AvgIpc) is 2.89. The number of ether oxygens (including phenoxy) is 1. The molecule has 0 saturated carbocycles. The van der Waals surface area contributed by atoms with E-state index in [2.05, 4.69) is 56.2 Å². The molecule has 2 unspecified atom stereocenters. The summed E-state index contributed by atoms with van der Waals surface area (Å²) in [6, 6.07) is 4.77. The molecule has 1 heterocycles. The van der Waals surface area contributed by atoms with Gasteiger partial charge in [0.05, 0.1) is 6.10 Å². The molecule has 2 nitrogen and oxygen atoms in total. The van der Waals surface area contributed by atoms with Gasteiger partial charge in [0, 0.05) is 21.6 Å². The van der Waals surface area contributed by atoms with E-state index in [0.29, 0.717) is 12.1 Å². The Bertz CT molecular complexity index is 430. The maximum absolute atomic E-state index is 5.71. The van der Waals surface area contributed by atoms with Crippen LogP contribution in [0.2, 0.25) is 0 Å². The van der Waals surface area contributed by atoms with Gasteiger partial charge < -0.3 is 10.1 Å². The van der Waals surface area contributed by atoms with Gasteiger partial charge in [-0.2, -0.15) is 0 Å². The molecule has 1 saturated heterocycles. The summed E-state index contributed by atoms with van der Waals surface area (Å²) in [7, 11) is 2.03. The monoisotopic (exact) mass is 389 g/mol. The van der Waals surface area contributed by atoms with Crippen molar-refractivity contribution in [3.63, 3.8) is 0 Å².